The van der Waals surface area contributed by atoms with Crippen LogP contribution >= 0.6 is 15.9 Å². The molecule has 0 bridgehead atoms. The molecule has 102 valence electrons. The van der Waals surface area contributed by atoms with Gasteiger partial charge in [0.15, 0.2) is 0 Å². The van der Waals surface area contributed by atoms with Gasteiger partial charge in [-0.1, -0.05) is 15.9 Å². The van der Waals surface area contributed by atoms with Crippen molar-refractivity contribution in [2.45, 2.75) is 11.0 Å². The molecule has 1 aromatic heterocycles. The van der Waals surface area contributed by atoms with Gasteiger partial charge in [-0.25, -0.2) is 9.97 Å². The summed E-state index contributed by atoms with van der Waals surface area (Å²) in [5.41, 5.74) is -0.947. The quantitative estimate of drug-likeness (QED) is 0.778. The highest BCUT2D eigenvalue weighted by Gasteiger charge is 2.33. The third-order valence-electron chi connectivity index (χ3n) is 2.09. The van der Waals surface area contributed by atoms with Crippen LogP contribution in [0.4, 0.5) is 19.1 Å². The third-order valence-corrected chi connectivity index (χ3v) is 2.65. The van der Waals surface area contributed by atoms with Crippen molar-refractivity contribution >= 4 is 21.9 Å². The first-order valence-corrected chi connectivity index (χ1v) is 6.00. The van der Waals surface area contributed by atoms with Crippen molar-refractivity contribution in [3.8, 4) is 0 Å². The average Bonchev–Trinajstić information content (AvgIpc) is 2.28. The minimum atomic E-state index is -4.46. The van der Waals surface area contributed by atoms with Crippen LogP contribution in [-0.2, 0) is 10.9 Å². The van der Waals surface area contributed by atoms with Gasteiger partial charge in [-0.15, -0.1) is 0 Å². The Hall–Kier alpha value is -0.890. The highest BCUT2D eigenvalue weighted by Crippen LogP contribution is 2.28. The lowest BCUT2D eigenvalue weighted by atomic mass is 10.4. The van der Waals surface area contributed by atoms with Crippen LogP contribution in [0.3, 0.4) is 0 Å². The van der Waals surface area contributed by atoms with E-state index in [1.807, 2.05) is 0 Å². The average molecular weight is 328 g/mol. The fraction of sp³-hybridized carbons (Fsp3) is 0.600. The second kappa shape index (κ2) is 6.33. The largest absolute Gasteiger partial charge is 0.433 e. The molecule has 0 aromatic carbocycles. The first-order chi connectivity index (χ1) is 8.34. The molecule has 0 fully saturated rings. The van der Waals surface area contributed by atoms with E-state index < -0.39 is 11.9 Å². The van der Waals surface area contributed by atoms with Crippen LogP contribution < -0.4 is 4.90 Å². The molecule has 0 aliphatic rings. The zero-order valence-electron chi connectivity index (χ0n) is 9.91. The topological polar surface area (TPSA) is 38.2 Å². The van der Waals surface area contributed by atoms with E-state index in [-0.39, 0.29) is 10.8 Å². The summed E-state index contributed by atoms with van der Waals surface area (Å²) in [5.74, 6) is 0.0328. The maximum Gasteiger partial charge on any atom is 0.433 e. The summed E-state index contributed by atoms with van der Waals surface area (Å²) in [5, 5.41) is 0. The molecule has 0 saturated carbocycles. The standard InChI is InChI=1S/C10H13BrF3N3O/c1-17(5-7(11)6-18-2)9-15-4-3-8(16-9)10(12,13)14/h3-4,7H,5-6H2,1-2H3. The van der Waals surface area contributed by atoms with E-state index in [4.69, 9.17) is 4.74 Å². The third kappa shape index (κ3) is 4.41. The second-order valence-corrected chi connectivity index (χ2v) is 4.97. The Bertz CT molecular complexity index is 389. The van der Waals surface area contributed by atoms with E-state index in [0.29, 0.717) is 13.2 Å². The van der Waals surface area contributed by atoms with E-state index in [0.717, 1.165) is 12.3 Å². The number of hydrogen-bond acceptors (Lipinski definition) is 4. The van der Waals surface area contributed by atoms with Crippen LogP contribution in [-0.4, -0.2) is 42.1 Å². The highest BCUT2D eigenvalue weighted by atomic mass is 79.9. The summed E-state index contributed by atoms with van der Waals surface area (Å²) in [6.07, 6.45) is -3.36. The maximum absolute atomic E-state index is 12.5. The lowest BCUT2D eigenvalue weighted by molar-refractivity contribution is -0.141. The van der Waals surface area contributed by atoms with Gasteiger partial charge < -0.3 is 9.64 Å². The van der Waals surface area contributed by atoms with Crippen LogP contribution in [0.25, 0.3) is 0 Å². The number of aromatic nitrogens is 2. The Morgan fingerprint density at radius 2 is 2.17 bits per heavy atom. The molecule has 0 N–H and O–H groups in total. The van der Waals surface area contributed by atoms with Gasteiger partial charge in [0.25, 0.3) is 0 Å². The predicted molar refractivity (Wildman–Crippen MR) is 64.9 cm³/mol. The van der Waals surface area contributed by atoms with E-state index in [1.165, 1.54) is 4.90 Å². The molecule has 1 heterocycles. The van der Waals surface area contributed by atoms with Crippen LogP contribution in [0.15, 0.2) is 12.3 Å². The van der Waals surface area contributed by atoms with Crippen LogP contribution in [0.1, 0.15) is 5.69 Å². The summed E-state index contributed by atoms with van der Waals surface area (Å²) in [6, 6.07) is 0.845. The molecular weight excluding hydrogens is 315 g/mol. The zero-order valence-corrected chi connectivity index (χ0v) is 11.5. The predicted octanol–water partition coefficient (Wildman–Crippen LogP) is 2.34. The van der Waals surface area contributed by atoms with E-state index in [2.05, 4.69) is 25.9 Å². The molecule has 1 unspecified atom stereocenters. The van der Waals surface area contributed by atoms with Crippen LogP contribution in [0, 0.1) is 0 Å². The Kier molecular flexibility index (Phi) is 5.33. The molecule has 4 nitrogen and oxygen atoms in total. The molecule has 1 aromatic rings. The van der Waals surface area contributed by atoms with E-state index in [1.54, 1.807) is 14.2 Å². The van der Waals surface area contributed by atoms with Gasteiger partial charge in [-0.2, -0.15) is 13.2 Å². The summed E-state index contributed by atoms with van der Waals surface area (Å²) < 4.78 is 42.4. The first kappa shape index (κ1) is 15.2. The zero-order chi connectivity index (χ0) is 13.8. The number of methoxy groups -OCH3 is 1. The molecule has 0 radical (unpaired) electrons. The highest BCUT2D eigenvalue weighted by molar-refractivity contribution is 9.09. The van der Waals surface area contributed by atoms with Crippen molar-refractivity contribution in [2.24, 2.45) is 0 Å². The monoisotopic (exact) mass is 327 g/mol. The fourth-order valence-corrected chi connectivity index (χ4v) is 2.00. The molecule has 18 heavy (non-hydrogen) atoms. The maximum atomic E-state index is 12.5. The number of rotatable bonds is 5. The lowest BCUT2D eigenvalue weighted by Gasteiger charge is -2.20. The summed E-state index contributed by atoms with van der Waals surface area (Å²) >= 11 is 3.35. The van der Waals surface area contributed by atoms with Crippen molar-refractivity contribution in [3.63, 3.8) is 0 Å². The smallest absolute Gasteiger partial charge is 0.383 e. The SMILES string of the molecule is COCC(Br)CN(C)c1nccc(C(F)(F)F)n1. The van der Waals surface area contributed by atoms with Gasteiger partial charge in [0.2, 0.25) is 5.95 Å². The number of halogens is 4. The van der Waals surface area contributed by atoms with Gasteiger partial charge >= 0.3 is 6.18 Å². The summed E-state index contributed by atoms with van der Waals surface area (Å²) in [4.78, 5) is 8.83. The van der Waals surface area contributed by atoms with Crippen LogP contribution in [0.2, 0.25) is 0 Å². The van der Waals surface area contributed by atoms with Gasteiger partial charge in [0, 0.05) is 26.9 Å². The number of nitrogens with zero attached hydrogens (tertiary/aromatic N) is 3. The number of alkyl halides is 4. The molecule has 0 spiro atoms. The van der Waals surface area contributed by atoms with Crippen molar-refractivity contribution < 1.29 is 17.9 Å². The van der Waals surface area contributed by atoms with Gasteiger partial charge in [-0.3, -0.25) is 0 Å². The molecule has 0 aliphatic carbocycles. The first-order valence-electron chi connectivity index (χ1n) is 5.09. The van der Waals surface area contributed by atoms with E-state index in [9.17, 15) is 13.2 Å². The Labute approximate surface area is 111 Å². The number of anilines is 1. The van der Waals surface area contributed by atoms with Crippen molar-refractivity contribution in [3.05, 3.63) is 18.0 Å². The van der Waals surface area contributed by atoms with Gasteiger partial charge in [-0.05, 0) is 6.07 Å². The minimum Gasteiger partial charge on any atom is -0.383 e. The number of hydrogen-bond donors (Lipinski definition) is 0. The Balaban J connectivity index is 2.77. The lowest BCUT2D eigenvalue weighted by Crippen LogP contribution is -2.30. The van der Waals surface area contributed by atoms with Crippen molar-refractivity contribution in [1.29, 1.82) is 0 Å². The molecule has 1 rings (SSSR count). The molecule has 0 amide bonds. The van der Waals surface area contributed by atoms with Crippen molar-refractivity contribution in [2.75, 3.05) is 32.2 Å². The molecule has 0 aliphatic heterocycles. The normalized spacial score (nSPS) is 13.4. The summed E-state index contributed by atoms with van der Waals surface area (Å²) in [7, 11) is 3.18. The molecule has 0 saturated heterocycles. The minimum absolute atomic E-state index is 0.00866. The Morgan fingerprint density at radius 1 is 1.50 bits per heavy atom. The molecular formula is C10H13BrF3N3O. The number of ether oxygens (including phenoxy) is 1. The van der Waals surface area contributed by atoms with Crippen molar-refractivity contribution in [1.82, 2.24) is 9.97 Å². The molecule has 1 atom stereocenters. The molecule has 8 heteroatoms. The van der Waals surface area contributed by atoms with E-state index >= 15 is 0 Å². The summed E-state index contributed by atoms with van der Waals surface area (Å²) in [6.45, 7) is 0.887. The van der Waals surface area contributed by atoms with Crippen LogP contribution in [0.5, 0.6) is 0 Å². The Morgan fingerprint density at radius 3 is 2.72 bits per heavy atom. The van der Waals surface area contributed by atoms with Gasteiger partial charge in [0.05, 0.1) is 11.4 Å². The second-order valence-electron chi connectivity index (χ2n) is 3.67. The fourth-order valence-electron chi connectivity index (χ4n) is 1.30. The van der Waals surface area contributed by atoms with Gasteiger partial charge in [0.1, 0.15) is 5.69 Å².